The van der Waals surface area contributed by atoms with Gasteiger partial charge in [-0.1, -0.05) is 253 Å². The maximum absolute atomic E-state index is 13.5. The fraction of sp³-hybridized carbons (Fsp3) is 0.825. The third kappa shape index (κ3) is 45.1. The van der Waals surface area contributed by atoms with E-state index in [1.807, 2.05) is 24.5 Å². The van der Waals surface area contributed by atoms with E-state index < -0.39 is 0 Å². The van der Waals surface area contributed by atoms with E-state index in [1.165, 1.54) is 148 Å². The van der Waals surface area contributed by atoms with Gasteiger partial charge in [-0.2, -0.15) is 0 Å². The van der Waals surface area contributed by atoms with Crippen LogP contribution in [0.2, 0.25) is 0 Å². The molecule has 1 amide bonds. The number of rotatable bonds is 64. The first-order valence-corrected chi connectivity index (χ1v) is 39.2. The Morgan fingerprint density at radius 2 is 0.731 bits per heavy atom. The fourth-order valence-electron chi connectivity index (χ4n) is 12.8. The van der Waals surface area contributed by atoms with E-state index in [0.717, 1.165) is 195 Å². The molecule has 2 aromatic heterocycles. The summed E-state index contributed by atoms with van der Waals surface area (Å²) in [7, 11) is 0. The second kappa shape index (κ2) is 56.0. The van der Waals surface area contributed by atoms with Crippen LogP contribution in [-0.4, -0.2) is 107 Å². The molecule has 0 unspecified atom stereocenters. The Labute approximate surface area is 569 Å². The number of carbonyl (C=O) groups is 4. The van der Waals surface area contributed by atoms with Crippen molar-refractivity contribution in [2.45, 2.75) is 344 Å². The minimum atomic E-state index is -0.0324. The summed E-state index contributed by atoms with van der Waals surface area (Å²) < 4.78 is 18.9. The molecule has 1 N–H and O–H groups in total. The molecule has 0 aliphatic heterocycles. The van der Waals surface area contributed by atoms with Crippen molar-refractivity contribution < 1.29 is 33.4 Å². The van der Waals surface area contributed by atoms with Crippen LogP contribution in [0.5, 0.6) is 0 Å². The number of anilines is 1. The van der Waals surface area contributed by atoms with E-state index in [4.69, 9.17) is 24.2 Å². The van der Waals surface area contributed by atoms with Crippen LogP contribution in [0, 0.1) is 23.7 Å². The van der Waals surface area contributed by atoms with Crippen LogP contribution in [0.15, 0.2) is 30.6 Å². The van der Waals surface area contributed by atoms with Crippen LogP contribution in [0.4, 0.5) is 5.82 Å². The van der Waals surface area contributed by atoms with Crippen LogP contribution in [0.25, 0.3) is 21.9 Å². The molecule has 13 nitrogen and oxygen atoms in total. The van der Waals surface area contributed by atoms with Gasteiger partial charge >= 0.3 is 17.9 Å². The summed E-state index contributed by atoms with van der Waals surface area (Å²) in [6.07, 6.45) is 50.1. The molecular formula is C80H142N6O7. The predicted molar refractivity (Wildman–Crippen MR) is 392 cm³/mol. The summed E-state index contributed by atoms with van der Waals surface area (Å²) in [5, 5.41) is 4.21. The van der Waals surface area contributed by atoms with Crippen LogP contribution in [-0.2, 0) is 39.9 Å². The van der Waals surface area contributed by atoms with Gasteiger partial charge in [0, 0.05) is 37.6 Å². The zero-order valence-corrected chi connectivity index (χ0v) is 61.5. The van der Waals surface area contributed by atoms with Crippen molar-refractivity contribution in [3.05, 3.63) is 30.6 Å². The molecule has 0 aliphatic carbocycles. The third-order valence-corrected chi connectivity index (χ3v) is 18.5. The number of fused-ring (bicyclic) bond motifs is 3. The van der Waals surface area contributed by atoms with Gasteiger partial charge in [-0.25, -0.2) is 9.97 Å². The molecule has 0 saturated heterocycles. The summed E-state index contributed by atoms with van der Waals surface area (Å²) >= 11 is 0. The average molecular weight is 1300 g/mol. The number of pyridine rings is 1. The molecule has 0 aliphatic rings. The lowest BCUT2D eigenvalue weighted by Crippen LogP contribution is -2.32. The van der Waals surface area contributed by atoms with Gasteiger partial charge in [0.05, 0.1) is 37.2 Å². The normalized spacial score (nSPS) is 11.9. The molecule has 0 fully saturated rings. The SMILES string of the molecule is CC(C)CCCCCCCOC(=O)CCCCCCCCN(CCCCCCCCC(=O)OCCCCCCCC(C)C)CCCN(CCCCCCCCC(=O)OCCCCCCCC(C)C)CCCCCC(=O)Nc1nc2ccccc2c2c1ncn2CC(C)C. The molecule has 13 heteroatoms. The standard InChI is InChI=1S/C80H142N6O7/c1-68(2)48-31-18-15-27-44-63-91-75(88)54-35-21-9-12-24-40-57-84(58-41-25-13-10-22-36-55-76(89)92-64-45-28-16-19-32-49-69(3)4)61-47-62-85(59-42-26-14-11-23-37-56-77(90)93-65-46-29-17-20-33-50-70(5)6)60-43-30-34-53-74(87)83-80-78-79(86(67-81-78)66-71(7)8)72-51-38-39-52-73(72)82-80/h38-39,51-52,67-71H,9-37,40-50,53-66H2,1-8H3,(H,82,83,87). The number of amides is 1. The first-order chi connectivity index (χ1) is 45.2. The van der Waals surface area contributed by atoms with E-state index in [0.29, 0.717) is 57.2 Å². The minimum Gasteiger partial charge on any atom is -0.466 e. The molecule has 1 aromatic carbocycles. The molecule has 0 radical (unpaired) electrons. The van der Waals surface area contributed by atoms with E-state index in [9.17, 15) is 19.2 Å². The Balaban J connectivity index is 1.49. The van der Waals surface area contributed by atoms with E-state index in [1.54, 1.807) is 0 Å². The van der Waals surface area contributed by atoms with Crippen LogP contribution >= 0.6 is 0 Å². The third-order valence-electron chi connectivity index (χ3n) is 18.5. The molecule has 0 spiro atoms. The lowest BCUT2D eigenvalue weighted by Gasteiger charge is -2.26. The van der Waals surface area contributed by atoms with Gasteiger partial charge in [-0.3, -0.25) is 19.2 Å². The number of para-hydroxylation sites is 1. The number of aromatic nitrogens is 3. The lowest BCUT2D eigenvalue weighted by molar-refractivity contribution is -0.144. The molecule has 3 rings (SSSR count). The highest BCUT2D eigenvalue weighted by molar-refractivity contribution is 6.09. The zero-order chi connectivity index (χ0) is 67.2. The number of unbranched alkanes of at least 4 members (excludes halogenated alkanes) is 29. The largest absolute Gasteiger partial charge is 0.466 e. The second-order valence-corrected chi connectivity index (χ2v) is 29.5. The van der Waals surface area contributed by atoms with Gasteiger partial charge in [0.2, 0.25) is 5.91 Å². The molecule has 3 aromatic rings. The van der Waals surface area contributed by atoms with Crippen molar-refractivity contribution in [1.29, 1.82) is 0 Å². The Bertz CT molecular complexity index is 2260. The Hall–Kier alpha value is -4.10. The number of hydrogen-bond acceptors (Lipinski definition) is 11. The van der Waals surface area contributed by atoms with Gasteiger partial charge < -0.3 is 33.9 Å². The molecule has 93 heavy (non-hydrogen) atoms. The number of esters is 3. The summed E-state index contributed by atoms with van der Waals surface area (Å²) in [6, 6.07) is 8.14. The molecule has 0 saturated carbocycles. The van der Waals surface area contributed by atoms with E-state index in [2.05, 4.69) is 81.1 Å². The first kappa shape index (κ1) is 83.1. The highest BCUT2D eigenvalue weighted by atomic mass is 16.5. The van der Waals surface area contributed by atoms with E-state index in [-0.39, 0.29) is 23.8 Å². The minimum absolute atomic E-state index is 0.00781. The Kier molecular flexibility index (Phi) is 50.0. The second-order valence-electron chi connectivity index (χ2n) is 29.5. The van der Waals surface area contributed by atoms with Gasteiger partial charge in [-0.05, 0) is 146 Å². The van der Waals surface area contributed by atoms with Crippen molar-refractivity contribution >= 4 is 51.6 Å². The summed E-state index contributed by atoms with van der Waals surface area (Å²) in [6.45, 7) is 27.3. The fourth-order valence-corrected chi connectivity index (χ4v) is 12.8. The number of ether oxygens (including phenoxy) is 3. The molecule has 0 atom stereocenters. The number of imidazole rings is 1. The molecule has 534 valence electrons. The summed E-state index contributed by atoms with van der Waals surface area (Å²) in [5.41, 5.74) is 2.63. The molecular weight excluding hydrogens is 1160 g/mol. The average Bonchev–Trinajstić information content (AvgIpc) is 1.68. The Morgan fingerprint density at radius 3 is 1.13 bits per heavy atom. The molecule has 2 heterocycles. The predicted octanol–water partition coefficient (Wildman–Crippen LogP) is 21.5. The van der Waals surface area contributed by atoms with Gasteiger partial charge in [0.1, 0.15) is 5.52 Å². The van der Waals surface area contributed by atoms with Crippen molar-refractivity contribution in [2.75, 3.05) is 64.4 Å². The number of nitrogens with zero attached hydrogens (tertiary/aromatic N) is 5. The lowest BCUT2D eigenvalue weighted by atomic mass is 10.0. The highest BCUT2D eigenvalue weighted by Gasteiger charge is 2.18. The number of benzene rings is 1. The monoisotopic (exact) mass is 1300 g/mol. The maximum atomic E-state index is 13.5. The topological polar surface area (TPSA) is 145 Å². The molecule has 0 bridgehead atoms. The van der Waals surface area contributed by atoms with Crippen LogP contribution < -0.4 is 5.32 Å². The van der Waals surface area contributed by atoms with Crippen molar-refractivity contribution in [3.63, 3.8) is 0 Å². The van der Waals surface area contributed by atoms with Gasteiger partial charge in [0.25, 0.3) is 0 Å². The summed E-state index contributed by atoms with van der Waals surface area (Å²) in [4.78, 5) is 65.9. The smallest absolute Gasteiger partial charge is 0.305 e. The van der Waals surface area contributed by atoms with Gasteiger partial charge in [-0.15, -0.1) is 0 Å². The quantitative estimate of drug-likeness (QED) is 0.0327. The number of hydrogen-bond donors (Lipinski definition) is 1. The zero-order valence-electron chi connectivity index (χ0n) is 61.5. The first-order valence-electron chi connectivity index (χ1n) is 39.2. The van der Waals surface area contributed by atoms with Crippen molar-refractivity contribution in [2.24, 2.45) is 23.7 Å². The Morgan fingerprint density at radius 1 is 0.398 bits per heavy atom. The maximum Gasteiger partial charge on any atom is 0.305 e. The highest BCUT2D eigenvalue weighted by Crippen LogP contribution is 2.30. The van der Waals surface area contributed by atoms with Gasteiger partial charge in [0.15, 0.2) is 5.82 Å². The van der Waals surface area contributed by atoms with Crippen molar-refractivity contribution in [3.8, 4) is 0 Å². The van der Waals surface area contributed by atoms with Crippen LogP contribution in [0.1, 0.15) is 338 Å². The van der Waals surface area contributed by atoms with E-state index >= 15 is 0 Å². The van der Waals surface area contributed by atoms with Crippen molar-refractivity contribution in [1.82, 2.24) is 24.3 Å². The number of nitrogens with one attached hydrogen (secondary N) is 1. The summed E-state index contributed by atoms with van der Waals surface area (Å²) in [5.74, 6) is 3.25. The van der Waals surface area contributed by atoms with Crippen LogP contribution in [0.3, 0.4) is 0 Å². The number of carbonyl (C=O) groups excluding carboxylic acids is 4.